The molecule has 0 bridgehead atoms. The van der Waals surface area contributed by atoms with Crippen molar-refractivity contribution in [1.82, 2.24) is 0 Å². The second kappa shape index (κ2) is 7.71. The zero-order valence-corrected chi connectivity index (χ0v) is 10.3. The van der Waals surface area contributed by atoms with Crippen LogP contribution in [0.25, 0.3) is 10.4 Å². The summed E-state index contributed by atoms with van der Waals surface area (Å²) in [7, 11) is -3.28. The van der Waals surface area contributed by atoms with Gasteiger partial charge in [0.25, 0.3) is 0 Å². The average Bonchev–Trinajstić information content (AvgIpc) is 2.18. The van der Waals surface area contributed by atoms with E-state index in [2.05, 4.69) is 10.0 Å². The van der Waals surface area contributed by atoms with E-state index in [1.807, 2.05) is 6.92 Å². The van der Waals surface area contributed by atoms with E-state index in [-0.39, 0.29) is 13.2 Å². The summed E-state index contributed by atoms with van der Waals surface area (Å²) in [6, 6.07) is 0. The van der Waals surface area contributed by atoms with Crippen molar-refractivity contribution in [1.29, 1.82) is 0 Å². The third kappa shape index (κ3) is 4.67. The molecule has 0 aromatic carbocycles. The summed E-state index contributed by atoms with van der Waals surface area (Å²) in [4.78, 5) is 2.68. The van der Waals surface area contributed by atoms with Gasteiger partial charge in [-0.3, -0.25) is 4.57 Å². The van der Waals surface area contributed by atoms with Crippen molar-refractivity contribution in [2.24, 2.45) is 5.11 Å². The lowest BCUT2D eigenvalue weighted by Gasteiger charge is -2.22. The maximum atomic E-state index is 12.2. The van der Waals surface area contributed by atoms with Crippen LogP contribution in [0, 0.1) is 0 Å². The van der Waals surface area contributed by atoms with Crippen LogP contribution >= 0.6 is 7.60 Å². The minimum atomic E-state index is -3.28. The van der Waals surface area contributed by atoms with Crippen molar-refractivity contribution in [3.05, 3.63) is 10.4 Å². The lowest BCUT2D eigenvalue weighted by atomic mass is 10.3. The van der Waals surface area contributed by atoms with Gasteiger partial charge in [-0.2, -0.15) is 0 Å². The Balaban J connectivity index is 4.80. The highest BCUT2D eigenvalue weighted by atomic mass is 31.2. The molecule has 0 aliphatic rings. The predicted molar refractivity (Wildman–Crippen MR) is 58.7 cm³/mol. The van der Waals surface area contributed by atoms with Gasteiger partial charge in [-0.05, 0) is 25.8 Å². The molecule has 1 unspecified atom stereocenters. The highest BCUT2D eigenvalue weighted by molar-refractivity contribution is 7.54. The third-order valence-corrected chi connectivity index (χ3v) is 4.04. The highest BCUT2D eigenvalue weighted by Crippen LogP contribution is 2.55. The van der Waals surface area contributed by atoms with Gasteiger partial charge in [-0.1, -0.05) is 18.5 Å². The molecule has 0 amide bonds. The molecule has 0 aromatic rings. The second-order valence-electron chi connectivity index (χ2n) is 2.85. The van der Waals surface area contributed by atoms with Crippen molar-refractivity contribution < 1.29 is 13.6 Å². The molecule has 0 aromatic heterocycles. The van der Waals surface area contributed by atoms with Crippen molar-refractivity contribution in [2.75, 3.05) is 13.2 Å². The first-order valence-corrected chi connectivity index (χ1v) is 6.68. The van der Waals surface area contributed by atoms with Crippen LogP contribution in [0.4, 0.5) is 0 Å². The summed E-state index contributed by atoms with van der Waals surface area (Å²) < 4.78 is 22.4. The van der Waals surface area contributed by atoms with E-state index in [1.165, 1.54) is 0 Å². The fourth-order valence-electron chi connectivity index (χ4n) is 1.17. The molecular weight excluding hydrogens is 217 g/mol. The summed E-state index contributed by atoms with van der Waals surface area (Å²) in [5.74, 6) is -0.715. The first-order chi connectivity index (χ1) is 7.14. The van der Waals surface area contributed by atoms with Gasteiger partial charge in [0.2, 0.25) is 0 Å². The van der Waals surface area contributed by atoms with Gasteiger partial charge < -0.3 is 9.05 Å². The van der Waals surface area contributed by atoms with Crippen LogP contribution in [0.2, 0.25) is 0 Å². The quantitative estimate of drug-likeness (QED) is 0.278. The minimum absolute atomic E-state index is 0.276. The van der Waals surface area contributed by atoms with Crippen LogP contribution in [0.1, 0.15) is 33.6 Å². The third-order valence-electron chi connectivity index (χ3n) is 1.71. The van der Waals surface area contributed by atoms with Gasteiger partial charge >= 0.3 is 7.60 Å². The van der Waals surface area contributed by atoms with E-state index in [0.717, 1.165) is 6.42 Å². The van der Waals surface area contributed by atoms with Crippen molar-refractivity contribution in [2.45, 2.75) is 39.4 Å². The van der Waals surface area contributed by atoms with E-state index < -0.39 is 13.4 Å². The molecular formula is C8H18N3O3P. The molecule has 0 radical (unpaired) electrons. The maximum Gasteiger partial charge on any atom is 0.339 e. The molecule has 0 aliphatic heterocycles. The second-order valence-corrected chi connectivity index (χ2v) is 5.04. The fraction of sp³-hybridized carbons (Fsp3) is 1.00. The van der Waals surface area contributed by atoms with Crippen molar-refractivity contribution >= 4 is 7.60 Å². The number of rotatable bonds is 8. The zero-order chi connectivity index (χ0) is 11.7. The van der Waals surface area contributed by atoms with Crippen molar-refractivity contribution in [3.8, 4) is 0 Å². The Hall–Kier alpha value is -0.540. The number of azide groups is 1. The average molecular weight is 235 g/mol. The van der Waals surface area contributed by atoms with Gasteiger partial charge in [0.05, 0.1) is 13.2 Å². The first-order valence-electron chi connectivity index (χ1n) is 5.07. The molecule has 7 heteroatoms. The highest BCUT2D eigenvalue weighted by Gasteiger charge is 2.33. The topological polar surface area (TPSA) is 84.3 Å². The lowest BCUT2D eigenvalue weighted by molar-refractivity contribution is 0.211. The predicted octanol–water partition coefficient (Wildman–Crippen LogP) is 3.69. The Morgan fingerprint density at radius 2 is 1.87 bits per heavy atom. The molecule has 0 saturated heterocycles. The molecule has 0 rings (SSSR count). The van der Waals surface area contributed by atoms with Gasteiger partial charge in [0.1, 0.15) is 5.78 Å². The van der Waals surface area contributed by atoms with Gasteiger partial charge in [-0.25, -0.2) is 0 Å². The summed E-state index contributed by atoms with van der Waals surface area (Å²) >= 11 is 0. The van der Waals surface area contributed by atoms with E-state index in [0.29, 0.717) is 6.42 Å². The molecule has 1 atom stereocenters. The largest absolute Gasteiger partial charge is 0.339 e. The van der Waals surface area contributed by atoms with Crippen LogP contribution in [-0.4, -0.2) is 19.0 Å². The van der Waals surface area contributed by atoms with Gasteiger partial charge in [0.15, 0.2) is 0 Å². The smallest absolute Gasteiger partial charge is 0.309 e. The van der Waals surface area contributed by atoms with Crippen LogP contribution in [0.15, 0.2) is 5.11 Å². The lowest BCUT2D eigenvalue weighted by Crippen LogP contribution is -2.10. The Bertz CT molecular complexity index is 256. The van der Waals surface area contributed by atoms with E-state index in [4.69, 9.17) is 14.6 Å². The Morgan fingerprint density at radius 3 is 2.20 bits per heavy atom. The molecule has 0 aliphatic carbocycles. The summed E-state index contributed by atoms with van der Waals surface area (Å²) in [6.45, 7) is 5.93. The number of hydrogen-bond acceptors (Lipinski definition) is 4. The monoisotopic (exact) mass is 235 g/mol. The zero-order valence-electron chi connectivity index (χ0n) is 9.42. The van der Waals surface area contributed by atoms with Crippen LogP contribution < -0.4 is 0 Å². The maximum absolute atomic E-state index is 12.2. The summed E-state index contributed by atoms with van der Waals surface area (Å²) in [5, 5.41) is 3.49. The summed E-state index contributed by atoms with van der Waals surface area (Å²) in [6.07, 6.45) is 1.26. The molecule has 0 N–H and O–H groups in total. The molecule has 0 spiro atoms. The van der Waals surface area contributed by atoms with Crippen LogP contribution in [0.5, 0.6) is 0 Å². The minimum Gasteiger partial charge on any atom is -0.309 e. The Labute approximate surface area is 90.1 Å². The number of nitrogens with zero attached hydrogens (tertiary/aromatic N) is 3. The standard InChI is InChI=1S/C8H18N3O3P/c1-4-7-8(10-11-9)15(12,13-5-2)14-6-3/h8H,4-7H2,1-3H3. The summed E-state index contributed by atoms with van der Waals surface area (Å²) in [5.41, 5.74) is 8.39. The van der Waals surface area contributed by atoms with Crippen LogP contribution in [-0.2, 0) is 13.6 Å². The molecule has 15 heavy (non-hydrogen) atoms. The van der Waals surface area contributed by atoms with E-state index in [9.17, 15) is 4.57 Å². The Kier molecular flexibility index (Phi) is 7.44. The fourth-order valence-corrected chi connectivity index (χ4v) is 3.05. The van der Waals surface area contributed by atoms with Crippen molar-refractivity contribution in [3.63, 3.8) is 0 Å². The van der Waals surface area contributed by atoms with E-state index >= 15 is 0 Å². The first kappa shape index (κ1) is 14.5. The Morgan fingerprint density at radius 1 is 1.33 bits per heavy atom. The molecule has 6 nitrogen and oxygen atoms in total. The normalized spacial score (nSPS) is 13.3. The van der Waals surface area contributed by atoms with Gasteiger partial charge in [-0.15, -0.1) is 0 Å². The van der Waals surface area contributed by atoms with E-state index in [1.54, 1.807) is 13.8 Å². The molecule has 0 heterocycles. The van der Waals surface area contributed by atoms with Crippen LogP contribution in [0.3, 0.4) is 0 Å². The molecule has 0 fully saturated rings. The van der Waals surface area contributed by atoms with Gasteiger partial charge in [0, 0.05) is 4.91 Å². The molecule has 0 saturated carbocycles. The SMILES string of the molecule is CCCC(N=[N+]=[N-])P(=O)(OCC)OCC. The molecule has 88 valence electrons. The number of hydrogen-bond donors (Lipinski definition) is 0.